The van der Waals surface area contributed by atoms with Gasteiger partial charge in [-0.05, 0) is 61.4 Å². The first-order chi connectivity index (χ1) is 21.6. The van der Waals surface area contributed by atoms with Gasteiger partial charge >= 0.3 is 0 Å². The Morgan fingerprint density at radius 2 is 1.84 bits per heavy atom. The fourth-order valence-corrected chi connectivity index (χ4v) is 4.90. The molecule has 2 aromatic carbocycles. The zero-order chi connectivity index (χ0) is 32.5. The van der Waals surface area contributed by atoms with Crippen LogP contribution in [0.4, 0.5) is 11.5 Å². The summed E-state index contributed by atoms with van der Waals surface area (Å²) in [5, 5.41) is 6.58. The van der Waals surface area contributed by atoms with E-state index in [1.54, 1.807) is 37.4 Å². The molecule has 0 saturated heterocycles. The number of halogens is 2. The number of rotatable bonds is 12. The molecule has 0 aliphatic rings. The maximum atomic E-state index is 13.0. The van der Waals surface area contributed by atoms with Crippen molar-refractivity contribution in [2.75, 3.05) is 30.4 Å². The van der Waals surface area contributed by atoms with E-state index in [4.69, 9.17) is 32.7 Å². The Balaban J connectivity index is 1.41. The number of aryl methyl sites for hydroxylation is 1. The van der Waals surface area contributed by atoms with Gasteiger partial charge in [-0.1, -0.05) is 36.2 Å². The van der Waals surface area contributed by atoms with Crippen LogP contribution < -0.4 is 25.0 Å². The minimum absolute atomic E-state index is 0.0234. The molecule has 4 rings (SSSR count). The number of likely N-dealkylation sites (N-methyl/N-ethyl adjacent to an activating group) is 1. The SMILES string of the molecule is CCCOc1cc(C)nc2c(OCc3c(Cl)ccc(N(C)C(=O)CNC(=O)C=Cc4ccc(NC(C)=O)nc4)c3Cl)cccc12. The van der Waals surface area contributed by atoms with Crippen molar-refractivity contribution >= 4 is 69.4 Å². The lowest BCUT2D eigenvalue weighted by molar-refractivity contribution is -0.122. The Bertz CT molecular complexity index is 1740. The summed E-state index contributed by atoms with van der Waals surface area (Å²) >= 11 is 13.2. The van der Waals surface area contributed by atoms with Crippen LogP contribution in [-0.2, 0) is 21.0 Å². The van der Waals surface area contributed by atoms with Gasteiger partial charge in [-0.25, -0.2) is 9.97 Å². The highest BCUT2D eigenvalue weighted by Crippen LogP contribution is 2.36. The van der Waals surface area contributed by atoms with Crippen molar-refractivity contribution in [3.63, 3.8) is 0 Å². The molecule has 0 aliphatic heterocycles. The van der Waals surface area contributed by atoms with Crippen molar-refractivity contribution < 1.29 is 23.9 Å². The fraction of sp³-hybridized carbons (Fsp3) is 0.242. The summed E-state index contributed by atoms with van der Waals surface area (Å²) in [5.74, 6) is 0.573. The minimum Gasteiger partial charge on any atom is -0.493 e. The Labute approximate surface area is 271 Å². The predicted molar refractivity (Wildman–Crippen MR) is 177 cm³/mol. The Morgan fingerprint density at radius 1 is 1.04 bits per heavy atom. The van der Waals surface area contributed by atoms with Crippen molar-refractivity contribution in [2.45, 2.75) is 33.8 Å². The van der Waals surface area contributed by atoms with E-state index in [1.165, 1.54) is 24.1 Å². The lowest BCUT2D eigenvalue weighted by atomic mass is 10.1. The molecule has 45 heavy (non-hydrogen) atoms. The molecule has 0 bridgehead atoms. The van der Waals surface area contributed by atoms with E-state index < -0.39 is 11.8 Å². The number of benzene rings is 2. The first-order valence-corrected chi connectivity index (χ1v) is 14.9. The van der Waals surface area contributed by atoms with Crippen LogP contribution in [0.3, 0.4) is 0 Å². The quantitative estimate of drug-likeness (QED) is 0.171. The molecule has 2 heterocycles. The van der Waals surface area contributed by atoms with Gasteiger partial charge in [0.1, 0.15) is 29.4 Å². The highest BCUT2D eigenvalue weighted by Gasteiger charge is 2.20. The molecule has 234 valence electrons. The van der Waals surface area contributed by atoms with Crippen LogP contribution in [0.25, 0.3) is 17.0 Å². The number of hydrogen-bond acceptors (Lipinski definition) is 7. The minimum atomic E-state index is -0.471. The summed E-state index contributed by atoms with van der Waals surface area (Å²) in [6, 6.07) is 14.1. The van der Waals surface area contributed by atoms with E-state index in [9.17, 15) is 14.4 Å². The number of fused-ring (bicyclic) bond motifs is 1. The van der Waals surface area contributed by atoms with Crippen LogP contribution in [0.15, 0.2) is 60.8 Å². The van der Waals surface area contributed by atoms with Crippen molar-refractivity contribution in [2.24, 2.45) is 0 Å². The number of nitrogens with zero attached hydrogens (tertiary/aromatic N) is 3. The van der Waals surface area contributed by atoms with Crippen LogP contribution in [0.2, 0.25) is 10.0 Å². The lowest BCUT2D eigenvalue weighted by Gasteiger charge is -2.21. The average molecular weight is 651 g/mol. The molecule has 12 heteroatoms. The number of carbonyl (C=O) groups excluding carboxylic acids is 3. The van der Waals surface area contributed by atoms with E-state index in [0.717, 1.165) is 23.3 Å². The molecule has 2 N–H and O–H groups in total. The topological polar surface area (TPSA) is 123 Å². The van der Waals surface area contributed by atoms with E-state index in [2.05, 4.69) is 20.6 Å². The first kappa shape index (κ1) is 33.2. The summed E-state index contributed by atoms with van der Waals surface area (Å²) < 4.78 is 12.1. The van der Waals surface area contributed by atoms with Crippen LogP contribution in [-0.4, -0.2) is 47.9 Å². The first-order valence-electron chi connectivity index (χ1n) is 14.2. The van der Waals surface area contributed by atoms with Crippen molar-refractivity contribution in [1.82, 2.24) is 15.3 Å². The van der Waals surface area contributed by atoms with Gasteiger partial charge in [0, 0.05) is 54.0 Å². The third-order valence-corrected chi connectivity index (χ3v) is 7.33. The van der Waals surface area contributed by atoms with Crippen molar-refractivity contribution in [1.29, 1.82) is 0 Å². The van der Waals surface area contributed by atoms with E-state index in [0.29, 0.717) is 45.5 Å². The summed E-state index contributed by atoms with van der Waals surface area (Å²) in [7, 11) is 1.56. The Morgan fingerprint density at radius 3 is 2.56 bits per heavy atom. The van der Waals surface area contributed by atoms with Crippen LogP contribution in [0, 0.1) is 6.92 Å². The van der Waals surface area contributed by atoms with Crippen molar-refractivity contribution in [3.05, 3.63) is 87.7 Å². The molecule has 0 unspecified atom stereocenters. The predicted octanol–water partition coefficient (Wildman–Crippen LogP) is 6.36. The smallest absolute Gasteiger partial charge is 0.246 e. The van der Waals surface area contributed by atoms with E-state index in [-0.39, 0.29) is 24.1 Å². The normalized spacial score (nSPS) is 11.0. The van der Waals surface area contributed by atoms with E-state index in [1.807, 2.05) is 38.1 Å². The maximum Gasteiger partial charge on any atom is 0.246 e. The van der Waals surface area contributed by atoms with Gasteiger partial charge in [-0.15, -0.1) is 0 Å². The average Bonchev–Trinajstić information content (AvgIpc) is 3.01. The molecule has 0 fully saturated rings. The molecule has 2 aromatic heterocycles. The second-order valence-corrected chi connectivity index (χ2v) is 10.9. The molecule has 0 saturated carbocycles. The largest absolute Gasteiger partial charge is 0.493 e. The summed E-state index contributed by atoms with van der Waals surface area (Å²) in [6.45, 7) is 5.66. The number of hydrogen-bond donors (Lipinski definition) is 2. The summed E-state index contributed by atoms with van der Waals surface area (Å²) in [4.78, 5) is 46.5. The molecule has 3 amide bonds. The van der Waals surface area contributed by atoms with Gasteiger partial charge in [0.05, 0.1) is 23.9 Å². The number of aromatic nitrogens is 2. The van der Waals surface area contributed by atoms with Crippen molar-refractivity contribution in [3.8, 4) is 11.5 Å². The highest BCUT2D eigenvalue weighted by atomic mass is 35.5. The number of para-hydroxylation sites is 1. The molecule has 0 radical (unpaired) electrons. The van der Waals surface area contributed by atoms with Crippen LogP contribution >= 0.6 is 23.2 Å². The number of carbonyl (C=O) groups is 3. The Hall–Kier alpha value is -4.67. The second kappa shape index (κ2) is 15.4. The Kier molecular flexibility index (Phi) is 11.3. The lowest BCUT2D eigenvalue weighted by Crippen LogP contribution is -2.37. The third-order valence-electron chi connectivity index (χ3n) is 6.56. The van der Waals surface area contributed by atoms with Gasteiger partial charge in [0.2, 0.25) is 17.7 Å². The van der Waals surface area contributed by atoms with Gasteiger partial charge in [-0.3, -0.25) is 14.4 Å². The van der Waals surface area contributed by atoms with Crippen LogP contribution in [0.1, 0.15) is 37.1 Å². The van der Waals surface area contributed by atoms with Crippen LogP contribution in [0.5, 0.6) is 11.5 Å². The highest BCUT2D eigenvalue weighted by molar-refractivity contribution is 6.38. The molecular weight excluding hydrogens is 617 g/mol. The molecular formula is C33H33Cl2N5O5. The number of amides is 3. The number of nitrogens with one attached hydrogen (secondary N) is 2. The molecule has 4 aromatic rings. The maximum absolute atomic E-state index is 13.0. The summed E-state index contributed by atoms with van der Waals surface area (Å²) in [6.07, 6.45) is 5.22. The van der Waals surface area contributed by atoms with Gasteiger partial charge in [-0.2, -0.15) is 0 Å². The zero-order valence-electron chi connectivity index (χ0n) is 25.3. The number of pyridine rings is 2. The third kappa shape index (κ3) is 8.71. The molecule has 0 aliphatic carbocycles. The molecule has 10 nitrogen and oxygen atoms in total. The summed E-state index contributed by atoms with van der Waals surface area (Å²) in [5.41, 5.74) is 2.99. The number of ether oxygens (including phenoxy) is 2. The van der Waals surface area contributed by atoms with Gasteiger partial charge in [0.25, 0.3) is 0 Å². The van der Waals surface area contributed by atoms with Gasteiger partial charge < -0.3 is 25.0 Å². The van der Waals surface area contributed by atoms with Gasteiger partial charge in [0.15, 0.2) is 0 Å². The fourth-order valence-electron chi connectivity index (χ4n) is 4.29. The number of anilines is 2. The van der Waals surface area contributed by atoms with E-state index >= 15 is 0 Å². The second-order valence-electron chi connectivity index (χ2n) is 10.1. The molecule has 0 atom stereocenters. The zero-order valence-corrected chi connectivity index (χ0v) is 26.8. The monoisotopic (exact) mass is 649 g/mol. The standard InChI is InChI=1S/C33H33Cl2N5O5/c1-5-15-44-28-16-20(2)38-33-23(28)7-6-8-27(33)45-19-24-25(34)11-12-26(32(24)35)40(4)31(43)18-37-30(42)14-10-22-9-13-29(36-17-22)39-21(3)41/h6-14,16-17H,5,15,18-19H2,1-4H3,(H,37,42)(H,36,39,41). The molecule has 0 spiro atoms.